The fourth-order valence-electron chi connectivity index (χ4n) is 1.50. The molecule has 7 heteroatoms. The van der Waals surface area contributed by atoms with Crippen molar-refractivity contribution < 1.29 is 23.4 Å². The van der Waals surface area contributed by atoms with Gasteiger partial charge in [-0.05, 0) is 27.7 Å². The molecule has 1 amide bonds. The van der Waals surface area contributed by atoms with Crippen LogP contribution >= 0.6 is 7.37 Å². The van der Waals surface area contributed by atoms with Gasteiger partial charge in [-0.15, -0.1) is 0 Å². The predicted molar refractivity (Wildman–Crippen MR) is 69.6 cm³/mol. The summed E-state index contributed by atoms with van der Waals surface area (Å²) in [6, 6.07) is 0. The van der Waals surface area contributed by atoms with Gasteiger partial charge in [-0.3, -0.25) is 9.36 Å². The van der Waals surface area contributed by atoms with Gasteiger partial charge in [0.05, 0.1) is 12.9 Å². The quantitative estimate of drug-likeness (QED) is 0.517. The second kappa shape index (κ2) is 7.89. The van der Waals surface area contributed by atoms with Gasteiger partial charge in [0.1, 0.15) is 0 Å². The fourth-order valence-corrected chi connectivity index (χ4v) is 3.62. The molecule has 0 heterocycles. The Morgan fingerprint density at radius 1 is 1.17 bits per heavy atom. The van der Waals surface area contributed by atoms with Crippen molar-refractivity contribution in [2.24, 2.45) is 0 Å². The Morgan fingerprint density at radius 2 is 1.67 bits per heavy atom. The van der Waals surface area contributed by atoms with E-state index < -0.39 is 12.9 Å². The summed E-state index contributed by atoms with van der Waals surface area (Å²) in [5.41, 5.74) is -1.34. The summed E-state index contributed by atoms with van der Waals surface area (Å²) < 4.78 is 29.1. The molecule has 0 spiro atoms. The van der Waals surface area contributed by atoms with Gasteiger partial charge < -0.3 is 19.3 Å². The molecule has 108 valence electrons. The molecule has 0 aromatic heterocycles. The number of nitrogens with one attached hydrogen (secondary N) is 1. The molecular formula is C11H24NO5P. The molecule has 0 bridgehead atoms. The fraction of sp³-hybridized carbons (Fsp3) is 0.909. The smallest absolute Gasteiger partial charge is 0.278 e. The van der Waals surface area contributed by atoms with E-state index in [1.165, 1.54) is 6.92 Å². The normalized spacial score (nSPS) is 15.2. The Hall–Kier alpha value is -0.420. The van der Waals surface area contributed by atoms with Crippen molar-refractivity contribution in [3.05, 3.63) is 0 Å². The highest BCUT2D eigenvalue weighted by atomic mass is 31.2. The van der Waals surface area contributed by atoms with Gasteiger partial charge in [0.15, 0.2) is 0 Å². The summed E-state index contributed by atoms with van der Waals surface area (Å²) in [5.74, 6) is -0.273. The Morgan fingerprint density at radius 3 is 2.00 bits per heavy atom. The van der Waals surface area contributed by atoms with E-state index in [0.29, 0.717) is 13.2 Å². The number of carbonyl (C=O) groups is 1. The van der Waals surface area contributed by atoms with E-state index in [0.717, 1.165) is 0 Å². The number of rotatable bonds is 9. The third kappa shape index (κ3) is 4.69. The minimum atomic E-state index is -3.30. The predicted octanol–water partition coefficient (Wildman–Crippen LogP) is 2.14. The Bertz CT molecular complexity index is 302. The van der Waals surface area contributed by atoms with E-state index in [9.17, 15) is 9.36 Å². The number of ether oxygens (including phenoxy) is 2. The summed E-state index contributed by atoms with van der Waals surface area (Å²) in [6.45, 7) is 9.18. The van der Waals surface area contributed by atoms with Gasteiger partial charge in [-0.1, -0.05) is 0 Å². The first-order valence-corrected chi connectivity index (χ1v) is 7.92. The molecule has 0 saturated carbocycles. The lowest BCUT2D eigenvalue weighted by atomic mass is 10.7. The molecule has 0 aliphatic heterocycles. The second-order valence-corrected chi connectivity index (χ2v) is 6.48. The van der Waals surface area contributed by atoms with Crippen LogP contribution in [0.1, 0.15) is 34.6 Å². The van der Waals surface area contributed by atoms with Gasteiger partial charge >= 0.3 is 0 Å². The maximum Gasteiger partial charge on any atom is 0.278 e. The molecule has 0 aliphatic rings. The van der Waals surface area contributed by atoms with Crippen molar-refractivity contribution in [1.82, 2.24) is 5.32 Å². The van der Waals surface area contributed by atoms with Crippen molar-refractivity contribution in [2.45, 2.75) is 40.1 Å². The summed E-state index contributed by atoms with van der Waals surface area (Å²) in [4.78, 5) is 11.0. The standard InChI is InChI=1S/C11H24NO5P/c1-6-15-11(5,16-7-2)18(14,17-8-3)9-12-10(4)13/h6-9H2,1-5H3,(H,12,13). The molecule has 0 aliphatic carbocycles. The van der Waals surface area contributed by atoms with Crippen LogP contribution in [-0.4, -0.2) is 37.5 Å². The SMILES string of the molecule is CCOC(C)(OCC)P(=O)(CNC(C)=O)OCC. The summed E-state index contributed by atoms with van der Waals surface area (Å²) in [7, 11) is -3.30. The van der Waals surface area contributed by atoms with E-state index >= 15 is 0 Å². The van der Waals surface area contributed by atoms with Gasteiger partial charge in [-0.25, -0.2) is 0 Å². The maximum atomic E-state index is 12.8. The van der Waals surface area contributed by atoms with Gasteiger partial charge in [-0.2, -0.15) is 0 Å². The summed E-state index contributed by atoms with van der Waals surface area (Å²) in [5, 5.41) is 2.51. The zero-order valence-electron chi connectivity index (χ0n) is 11.8. The van der Waals surface area contributed by atoms with Crippen LogP contribution in [0.3, 0.4) is 0 Å². The second-order valence-electron chi connectivity index (χ2n) is 3.75. The van der Waals surface area contributed by atoms with E-state index in [2.05, 4.69) is 5.32 Å². The molecule has 1 N–H and O–H groups in total. The third-order valence-electron chi connectivity index (χ3n) is 2.32. The molecule has 0 aromatic rings. The highest BCUT2D eigenvalue weighted by Crippen LogP contribution is 2.59. The van der Waals surface area contributed by atoms with Crippen LogP contribution in [0.5, 0.6) is 0 Å². The Labute approximate surface area is 109 Å². The largest absolute Gasteiger partial charge is 0.347 e. The Kier molecular flexibility index (Phi) is 7.71. The Balaban J connectivity index is 5.10. The first-order chi connectivity index (χ1) is 8.35. The van der Waals surface area contributed by atoms with Gasteiger partial charge in [0.25, 0.3) is 7.37 Å². The van der Waals surface area contributed by atoms with Crippen molar-refractivity contribution in [3.63, 3.8) is 0 Å². The summed E-state index contributed by atoms with van der Waals surface area (Å²) >= 11 is 0. The zero-order chi connectivity index (χ0) is 14.2. The number of amides is 1. The van der Waals surface area contributed by atoms with E-state index in [1.807, 2.05) is 0 Å². The molecule has 0 rings (SSSR count). The molecular weight excluding hydrogens is 257 g/mol. The molecule has 1 atom stereocenters. The lowest BCUT2D eigenvalue weighted by Gasteiger charge is -2.35. The number of hydrogen-bond donors (Lipinski definition) is 1. The van der Waals surface area contributed by atoms with Crippen molar-refractivity contribution in [1.29, 1.82) is 0 Å². The van der Waals surface area contributed by atoms with E-state index in [-0.39, 0.29) is 18.8 Å². The first kappa shape index (κ1) is 17.6. The van der Waals surface area contributed by atoms with Crippen LogP contribution in [0.4, 0.5) is 0 Å². The molecule has 18 heavy (non-hydrogen) atoms. The highest BCUT2D eigenvalue weighted by Gasteiger charge is 2.47. The van der Waals surface area contributed by atoms with Crippen molar-refractivity contribution in [2.75, 3.05) is 26.1 Å². The van der Waals surface area contributed by atoms with Crippen LogP contribution in [0, 0.1) is 0 Å². The highest BCUT2D eigenvalue weighted by molar-refractivity contribution is 7.60. The maximum absolute atomic E-state index is 12.8. The first-order valence-electron chi connectivity index (χ1n) is 6.11. The minimum Gasteiger partial charge on any atom is -0.347 e. The average molecular weight is 281 g/mol. The van der Waals surface area contributed by atoms with Crippen molar-refractivity contribution in [3.8, 4) is 0 Å². The van der Waals surface area contributed by atoms with Crippen LogP contribution in [0.15, 0.2) is 0 Å². The molecule has 0 saturated heterocycles. The van der Waals surface area contributed by atoms with Crippen LogP contribution in [-0.2, 0) is 23.4 Å². The molecule has 1 unspecified atom stereocenters. The zero-order valence-corrected chi connectivity index (χ0v) is 12.7. The molecule has 0 aromatic carbocycles. The average Bonchev–Trinajstić information content (AvgIpc) is 2.27. The lowest BCUT2D eigenvalue weighted by molar-refractivity contribution is -0.168. The van der Waals surface area contributed by atoms with Crippen LogP contribution in [0.2, 0.25) is 0 Å². The lowest BCUT2D eigenvalue weighted by Crippen LogP contribution is -2.38. The molecule has 0 fully saturated rings. The van der Waals surface area contributed by atoms with Crippen LogP contribution in [0.25, 0.3) is 0 Å². The molecule has 6 nitrogen and oxygen atoms in total. The number of hydrogen-bond acceptors (Lipinski definition) is 5. The third-order valence-corrected chi connectivity index (χ3v) is 5.06. The van der Waals surface area contributed by atoms with Gasteiger partial charge in [0.2, 0.25) is 11.4 Å². The summed E-state index contributed by atoms with van der Waals surface area (Å²) in [6.07, 6.45) is -0.104. The van der Waals surface area contributed by atoms with E-state index in [1.54, 1.807) is 27.7 Å². The van der Waals surface area contributed by atoms with Gasteiger partial charge in [0, 0.05) is 20.1 Å². The number of carbonyl (C=O) groups excluding carboxylic acids is 1. The van der Waals surface area contributed by atoms with E-state index in [4.69, 9.17) is 14.0 Å². The monoisotopic (exact) mass is 281 g/mol. The minimum absolute atomic E-state index is 0.104. The van der Waals surface area contributed by atoms with Crippen LogP contribution < -0.4 is 5.32 Å². The molecule has 0 radical (unpaired) electrons. The van der Waals surface area contributed by atoms with Crippen molar-refractivity contribution >= 4 is 13.3 Å². The topological polar surface area (TPSA) is 73.9 Å².